The molecule has 2 bridgehead atoms. The zero-order valence-corrected chi connectivity index (χ0v) is 24.1. The van der Waals surface area contributed by atoms with E-state index < -0.39 is 12.0 Å². The van der Waals surface area contributed by atoms with Crippen molar-refractivity contribution >= 4 is 16.7 Å². The fourth-order valence-electron chi connectivity index (χ4n) is 8.60. The maximum Gasteiger partial charge on any atom is 0.319 e. The minimum absolute atomic E-state index is 0.119. The van der Waals surface area contributed by atoms with Crippen molar-refractivity contribution in [3.8, 4) is 23.0 Å². The number of ether oxygens (including phenoxy) is 1. The number of piperazine rings is 1. The second-order valence-corrected chi connectivity index (χ2v) is 13.1. The first-order chi connectivity index (χ1) is 20.4. The average Bonchev–Trinajstić information content (AvgIpc) is 3.73. The highest BCUT2D eigenvalue weighted by atomic mass is 19.1. The lowest BCUT2D eigenvalue weighted by molar-refractivity contribution is 0.107. The Balaban J connectivity index is 1.23. The zero-order chi connectivity index (χ0) is 28.6. The third-order valence-corrected chi connectivity index (χ3v) is 10.6. The lowest BCUT2D eigenvalue weighted by atomic mass is 9.91. The molecule has 5 aliphatic rings. The van der Waals surface area contributed by atoms with Gasteiger partial charge in [-0.3, -0.25) is 9.88 Å². The number of nitrogens with one attached hydrogen (secondary N) is 1. The van der Waals surface area contributed by atoms with Crippen LogP contribution in [0.3, 0.4) is 0 Å². The van der Waals surface area contributed by atoms with Crippen LogP contribution in [0.25, 0.3) is 22.2 Å². The molecule has 42 heavy (non-hydrogen) atoms. The third-order valence-electron chi connectivity index (χ3n) is 10.6. The quantitative estimate of drug-likeness (QED) is 0.430. The van der Waals surface area contributed by atoms with Crippen molar-refractivity contribution in [2.24, 2.45) is 0 Å². The van der Waals surface area contributed by atoms with Crippen molar-refractivity contribution in [1.82, 2.24) is 25.2 Å². The molecule has 3 aromatic rings. The van der Waals surface area contributed by atoms with Crippen molar-refractivity contribution in [3.63, 3.8) is 0 Å². The molecule has 2 aromatic heterocycles. The van der Waals surface area contributed by atoms with Gasteiger partial charge in [0, 0.05) is 49.9 Å². The minimum atomic E-state index is -0.861. The van der Waals surface area contributed by atoms with Crippen molar-refractivity contribution in [1.29, 1.82) is 0 Å². The molecule has 0 amide bonds. The van der Waals surface area contributed by atoms with Crippen LogP contribution in [0.5, 0.6) is 11.8 Å². The van der Waals surface area contributed by atoms with Crippen molar-refractivity contribution < 1.29 is 18.6 Å². The number of phenols is 1. The summed E-state index contributed by atoms with van der Waals surface area (Å²) in [6.07, 6.45) is 8.14. The number of alkyl halides is 1. The summed E-state index contributed by atoms with van der Waals surface area (Å²) in [4.78, 5) is 18.6. The van der Waals surface area contributed by atoms with Crippen LogP contribution < -0.4 is 15.0 Å². The highest BCUT2D eigenvalue weighted by molar-refractivity contribution is 5.92. The number of aryl methyl sites for hydroxylation is 1. The van der Waals surface area contributed by atoms with Gasteiger partial charge in [0.05, 0.1) is 10.9 Å². The van der Waals surface area contributed by atoms with Crippen molar-refractivity contribution in [2.45, 2.75) is 88.0 Å². The fourth-order valence-corrected chi connectivity index (χ4v) is 8.60. The van der Waals surface area contributed by atoms with E-state index >= 15 is 4.39 Å². The van der Waals surface area contributed by atoms with Crippen LogP contribution >= 0.6 is 0 Å². The van der Waals surface area contributed by atoms with Gasteiger partial charge in [0.25, 0.3) is 0 Å². The van der Waals surface area contributed by atoms with Gasteiger partial charge in [-0.2, -0.15) is 9.97 Å². The van der Waals surface area contributed by atoms with Gasteiger partial charge in [-0.05, 0) is 80.7 Å². The first-order valence-corrected chi connectivity index (χ1v) is 15.7. The molecule has 4 fully saturated rings. The lowest BCUT2D eigenvalue weighted by Crippen LogP contribution is -2.51. The number of pyridine rings is 1. The van der Waals surface area contributed by atoms with Crippen LogP contribution in [0, 0.1) is 5.82 Å². The van der Waals surface area contributed by atoms with E-state index in [0.717, 1.165) is 75.7 Å². The smallest absolute Gasteiger partial charge is 0.319 e. The van der Waals surface area contributed by atoms with E-state index in [9.17, 15) is 9.50 Å². The Hall–Kier alpha value is -3.11. The average molecular weight is 577 g/mol. The van der Waals surface area contributed by atoms with Gasteiger partial charge in [-0.25, -0.2) is 8.78 Å². The van der Waals surface area contributed by atoms with Gasteiger partial charge in [0.15, 0.2) is 5.82 Å². The largest absolute Gasteiger partial charge is 0.508 e. The summed E-state index contributed by atoms with van der Waals surface area (Å²) in [6, 6.07) is 4.29. The molecule has 0 saturated carbocycles. The highest BCUT2D eigenvalue weighted by Crippen LogP contribution is 2.45. The molecule has 5 atom stereocenters. The normalized spacial score (nSPS) is 30.3. The van der Waals surface area contributed by atoms with E-state index in [2.05, 4.69) is 32.0 Å². The molecule has 222 valence electrons. The molecule has 8 nitrogen and oxygen atoms in total. The first kappa shape index (κ1) is 26.5. The van der Waals surface area contributed by atoms with E-state index in [1.54, 1.807) is 18.3 Å². The van der Waals surface area contributed by atoms with Gasteiger partial charge in [-0.15, -0.1) is 0 Å². The molecule has 0 spiro atoms. The highest BCUT2D eigenvalue weighted by Gasteiger charge is 2.49. The molecule has 0 radical (unpaired) electrons. The van der Waals surface area contributed by atoms with E-state index in [1.807, 2.05) is 0 Å². The summed E-state index contributed by atoms with van der Waals surface area (Å²) in [5.74, 6) is 0.519. The number of phenolic OH excluding ortho intramolecular Hbond substituents is 1. The second-order valence-electron chi connectivity index (χ2n) is 13.1. The van der Waals surface area contributed by atoms with Crippen LogP contribution in [0.1, 0.15) is 68.9 Å². The Labute approximate surface area is 244 Å². The number of rotatable bonds is 6. The van der Waals surface area contributed by atoms with Crippen molar-refractivity contribution in [3.05, 3.63) is 35.3 Å². The molecular weight excluding hydrogens is 538 g/mol. The van der Waals surface area contributed by atoms with Crippen LogP contribution in [-0.2, 0) is 6.42 Å². The molecule has 4 saturated heterocycles. The molecule has 8 rings (SSSR count). The zero-order valence-electron chi connectivity index (χ0n) is 24.1. The number of hydrogen-bond acceptors (Lipinski definition) is 8. The summed E-state index contributed by atoms with van der Waals surface area (Å²) in [7, 11) is 0. The molecule has 4 aliphatic heterocycles. The molecule has 10 heteroatoms. The second kappa shape index (κ2) is 9.98. The summed E-state index contributed by atoms with van der Waals surface area (Å²) in [5, 5.41) is 14.8. The maximum absolute atomic E-state index is 16.7. The fraction of sp³-hybridized carbons (Fsp3) is 0.594. The monoisotopic (exact) mass is 576 g/mol. The first-order valence-electron chi connectivity index (χ1n) is 15.7. The molecule has 6 heterocycles. The van der Waals surface area contributed by atoms with Crippen LogP contribution in [-0.4, -0.2) is 81.5 Å². The Kier molecular flexibility index (Phi) is 6.30. The van der Waals surface area contributed by atoms with E-state index in [0.29, 0.717) is 47.7 Å². The number of aromatic hydroxyl groups is 1. The van der Waals surface area contributed by atoms with Gasteiger partial charge < -0.3 is 20.1 Å². The molecular formula is C32H38F2N6O2. The summed E-state index contributed by atoms with van der Waals surface area (Å²) in [6.45, 7) is 5.27. The Morgan fingerprint density at radius 2 is 1.98 bits per heavy atom. The van der Waals surface area contributed by atoms with Gasteiger partial charge in [0.1, 0.15) is 35.6 Å². The molecule has 0 unspecified atom stereocenters. The Morgan fingerprint density at radius 3 is 2.79 bits per heavy atom. The number of aromatic nitrogens is 3. The summed E-state index contributed by atoms with van der Waals surface area (Å²) in [5.41, 5.74) is 2.78. The number of halogens is 2. The lowest BCUT2D eigenvalue weighted by Gasteiger charge is -2.34. The predicted molar refractivity (Wildman–Crippen MR) is 156 cm³/mol. The Morgan fingerprint density at radius 1 is 1.14 bits per heavy atom. The van der Waals surface area contributed by atoms with Crippen LogP contribution in [0.15, 0.2) is 18.3 Å². The number of fused-ring (bicyclic) bond motifs is 5. The summed E-state index contributed by atoms with van der Waals surface area (Å²) < 4.78 is 37.4. The van der Waals surface area contributed by atoms with Gasteiger partial charge in [-0.1, -0.05) is 6.92 Å². The van der Waals surface area contributed by atoms with Gasteiger partial charge in [0.2, 0.25) is 0 Å². The summed E-state index contributed by atoms with van der Waals surface area (Å²) >= 11 is 0. The molecule has 2 N–H and O–H groups in total. The van der Waals surface area contributed by atoms with Gasteiger partial charge >= 0.3 is 6.01 Å². The van der Waals surface area contributed by atoms with Crippen molar-refractivity contribution in [2.75, 3.05) is 37.7 Å². The number of anilines is 1. The van der Waals surface area contributed by atoms with E-state index in [1.165, 1.54) is 0 Å². The topological polar surface area (TPSA) is 86.6 Å². The minimum Gasteiger partial charge on any atom is -0.508 e. The third kappa shape index (κ3) is 4.24. The maximum atomic E-state index is 16.7. The molecule has 1 aliphatic carbocycles. The number of benzene rings is 1. The SMILES string of the molecule is CC[C@@H]1CCc2cc(O)cc(-c3ncc4c(N5C[C@H]6CC[C@@H](C5)N6)nc(OC[C@@]56CCCN5C[C@H](F)C6)nc4c3F)c21. The predicted octanol–water partition coefficient (Wildman–Crippen LogP) is 4.87. The van der Waals surface area contributed by atoms with Crippen LogP contribution in [0.4, 0.5) is 14.6 Å². The van der Waals surface area contributed by atoms with E-state index in [-0.39, 0.29) is 35.1 Å². The Bertz CT molecular complexity index is 1540. The molecule has 1 aromatic carbocycles. The standard InChI is InChI=1S/C32H38F2N6O2/c1-2-18-4-5-19-10-23(41)11-24(26(18)19)28-27(34)29-25(13-35-28)30(39-15-21-6-7-22(16-39)36-21)38-31(37-29)42-17-32-8-3-9-40(32)14-20(33)12-32/h10-11,13,18,20-22,36,41H,2-9,12,14-17H2,1H3/t18-,20-,21-,22+,32+/m1/s1. The van der Waals surface area contributed by atoms with Crippen LogP contribution in [0.2, 0.25) is 0 Å². The number of nitrogens with zero attached hydrogens (tertiary/aromatic N) is 5. The number of hydrogen-bond donors (Lipinski definition) is 2. The van der Waals surface area contributed by atoms with E-state index in [4.69, 9.17) is 9.72 Å².